The van der Waals surface area contributed by atoms with E-state index >= 15 is 0 Å². The molecule has 0 amide bonds. The molecule has 31 heavy (non-hydrogen) atoms. The number of guanidine groups is 1. The number of nitrogens with zero attached hydrogens (tertiary/aromatic N) is 1. The minimum atomic E-state index is 0.484. The first kappa shape index (κ1) is 22.3. The van der Waals surface area contributed by atoms with Crippen molar-refractivity contribution in [3.05, 3.63) is 53.2 Å². The smallest absolute Gasteiger partial charge is 0.203 e. The van der Waals surface area contributed by atoms with Gasteiger partial charge in [-0.15, -0.1) is 0 Å². The molecule has 166 valence electrons. The highest BCUT2D eigenvalue weighted by Gasteiger charge is 2.13. The fraction of sp³-hybridized carbons (Fsp3) is 0.375. The van der Waals surface area contributed by atoms with Crippen molar-refractivity contribution in [2.45, 2.75) is 26.8 Å². The highest BCUT2D eigenvalue weighted by Crippen LogP contribution is 2.38. The first-order chi connectivity index (χ1) is 15.1. The van der Waals surface area contributed by atoms with Crippen molar-refractivity contribution >= 4 is 16.9 Å². The number of hydrogen-bond donors (Lipinski definition) is 3. The molecule has 0 unspecified atom stereocenters. The summed E-state index contributed by atoms with van der Waals surface area (Å²) in [6.45, 7) is 6.23. The molecule has 0 saturated heterocycles. The number of aromatic amines is 1. The summed E-state index contributed by atoms with van der Waals surface area (Å²) >= 11 is 0. The maximum Gasteiger partial charge on any atom is 0.203 e. The van der Waals surface area contributed by atoms with Crippen molar-refractivity contribution in [1.29, 1.82) is 0 Å². The van der Waals surface area contributed by atoms with Crippen molar-refractivity contribution in [3.63, 3.8) is 0 Å². The number of fused-ring (bicyclic) bond motifs is 1. The molecule has 3 N–H and O–H groups in total. The number of methoxy groups -OCH3 is 3. The zero-order valence-electron chi connectivity index (χ0n) is 19.0. The van der Waals surface area contributed by atoms with Crippen LogP contribution < -0.4 is 24.8 Å². The van der Waals surface area contributed by atoms with E-state index in [9.17, 15) is 0 Å². The predicted octanol–water partition coefficient (Wildman–Crippen LogP) is 3.80. The van der Waals surface area contributed by atoms with Crippen molar-refractivity contribution in [2.75, 3.05) is 34.4 Å². The number of benzene rings is 2. The normalized spacial score (nSPS) is 11.5. The van der Waals surface area contributed by atoms with Crippen LogP contribution in [0.1, 0.15) is 23.7 Å². The molecule has 2 aromatic carbocycles. The average Bonchev–Trinajstić information content (AvgIpc) is 3.11. The maximum atomic E-state index is 5.44. The lowest BCUT2D eigenvalue weighted by molar-refractivity contribution is 0.324. The number of aliphatic imine (C=N–C) groups is 1. The van der Waals surface area contributed by atoms with Crippen LogP contribution in [0.2, 0.25) is 0 Å². The molecule has 0 spiro atoms. The Hall–Kier alpha value is -3.35. The topological polar surface area (TPSA) is 79.9 Å². The van der Waals surface area contributed by atoms with Gasteiger partial charge in [-0.3, -0.25) is 0 Å². The predicted molar refractivity (Wildman–Crippen MR) is 126 cm³/mol. The lowest BCUT2D eigenvalue weighted by Gasteiger charge is -2.14. The van der Waals surface area contributed by atoms with E-state index in [0.717, 1.165) is 31.0 Å². The van der Waals surface area contributed by atoms with Crippen LogP contribution in [0.4, 0.5) is 0 Å². The van der Waals surface area contributed by atoms with Gasteiger partial charge in [0.1, 0.15) is 0 Å². The van der Waals surface area contributed by atoms with Crippen molar-refractivity contribution < 1.29 is 14.2 Å². The standard InChI is InChI=1S/C24H32N4O3/c1-6-25-24(26-12-11-18-16(2)28-20-10-8-7-9-19(18)20)27-15-17-13-21(29-3)23(31-5)22(14-17)30-4/h7-10,13-14,28H,6,11-12,15H2,1-5H3,(H2,25,26,27). The summed E-state index contributed by atoms with van der Waals surface area (Å²) in [7, 11) is 4.83. The lowest BCUT2D eigenvalue weighted by atomic mass is 10.1. The third-order valence-electron chi connectivity index (χ3n) is 5.18. The van der Waals surface area contributed by atoms with Gasteiger partial charge in [0.2, 0.25) is 5.75 Å². The van der Waals surface area contributed by atoms with Crippen LogP contribution in [0.5, 0.6) is 17.2 Å². The van der Waals surface area contributed by atoms with E-state index in [4.69, 9.17) is 19.2 Å². The second-order valence-electron chi connectivity index (χ2n) is 7.18. The minimum Gasteiger partial charge on any atom is -0.493 e. The van der Waals surface area contributed by atoms with E-state index in [0.29, 0.717) is 23.8 Å². The molecule has 0 saturated carbocycles. The monoisotopic (exact) mass is 424 g/mol. The highest BCUT2D eigenvalue weighted by molar-refractivity contribution is 5.84. The Morgan fingerprint density at radius 2 is 1.71 bits per heavy atom. The van der Waals surface area contributed by atoms with Gasteiger partial charge < -0.3 is 29.8 Å². The van der Waals surface area contributed by atoms with Crippen LogP contribution in [0.15, 0.2) is 41.4 Å². The van der Waals surface area contributed by atoms with E-state index in [2.05, 4.69) is 53.7 Å². The molecular formula is C24H32N4O3. The number of aromatic nitrogens is 1. The van der Waals surface area contributed by atoms with Gasteiger partial charge in [0.05, 0.1) is 27.9 Å². The molecule has 0 aliphatic heterocycles. The van der Waals surface area contributed by atoms with Crippen molar-refractivity contribution in [1.82, 2.24) is 15.6 Å². The van der Waals surface area contributed by atoms with Gasteiger partial charge >= 0.3 is 0 Å². The largest absolute Gasteiger partial charge is 0.493 e. The number of hydrogen-bond acceptors (Lipinski definition) is 4. The Balaban J connectivity index is 1.70. The summed E-state index contributed by atoms with van der Waals surface area (Å²) in [6, 6.07) is 12.3. The molecule has 0 fully saturated rings. The SMILES string of the molecule is CCNC(=NCc1cc(OC)c(OC)c(OC)c1)NCCc1c(C)[nH]c2ccccc12. The lowest BCUT2D eigenvalue weighted by Crippen LogP contribution is -2.38. The molecule has 1 aromatic heterocycles. The number of ether oxygens (including phenoxy) is 3. The zero-order valence-corrected chi connectivity index (χ0v) is 19.0. The first-order valence-electron chi connectivity index (χ1n) is 10.5. The van der Waals surface area contributed by atoms with Gasteiger partial charge in [0.25, 0.3) is 0 Å². The van der Waals surface area contributed by atoms with E-state index in [-0.39, 0.29) is 0 Å². The average molecular weight is 425 g/mol. The third-order valence-corrected chi connectivity index (χ3v) is 5.18. The molecular weight excluding hydrogens is 392 g/mol. The fourth-order valence-electron chi connectivity index (χ4n) is 3.70. The number of para-hydroxylation sites is 1. The number of nitrogens with one attached hydrogen (secondary N) is 3. The molecule has 7 nitrogen and oxygen atoms in total. The van der Waals surface area contributed by atoms with Gasteiger partial charge in [-0.25, -0.2) is 4.99 Å². The second kappa shape index (κ2) is 10.6. The fourth-order valence-corrected chi connectivity index (χ4v) is 3.70. The molecule has 0 atom stereocenters. The van der Waals surface area contributed by atoms with E-state index in [1.807, 2.05) is 12.1 Å². The summed E-state index contributed by atoms with van der Waals surface area (Å²) in [5.74, 6) is 2.60. The number of rotatable bonds is 9. The Kier molecular flexibility index (Phi) is 7.65. The van der Waals surface area contributed by atoms with Crippen LogP contribution in [0, 0.1) is 6.92 Å². The molecule has 0 bridgehead atoms. The van der Waals surface area contributed by atoms with Crippen molar-refractivity contribution in [3.8, 4) is 17.2 Å². The summed E-state index contributed by atoms with van der Waals surface area (Å²) in [6.07, 6.45) is 0.907. The quantitative estimate of drug-likeness (QED) is 0.360. The molecule has 1 heterocycles. The van der Waals surface area contributed by atoms with Gasteiger partial charge in [-0.05, 0) is 49.6 Å². The highest BCUT2D eigenvalue weighted by atomic mass is 16.5. The van der Waals surface area contributed by atoms with Crippen LogP contribution in [-0.4, -0.2) is 45.4 Å². The number of H-pyrrole nitrogens is 1. The summed E-state index contributed by atoms with van der Waals surface area (Å²) in [4.78, 5) is 8.19. The van der Waals surface area contributed by atoms with E-state index in [1.54, 1.807) is 21.3 Å². The Labute approximate surface area is 183 Å². The summed E-state index contributed by atoms with van der Waals surface area (Å²) < 4.78 is 16.3. The summed E-state index contributed by atoms with van der Waals surface area (Å²) in [5.41, 5.74) is 4.70. The van der Waals surface area contributed by atoms with Gasteiger partial charge in [-0.1, -0.05) is 18.2 Å². The van der Waals surface area contributed by atoms with E-state index in [1.165, 1.54) is 22.2 Å². The third kappa shape index (κ3) is 5.23. The molecule has 7 heteroatoms. The molecule has 0 radical (unpaired) electrons. The Bertz CT molecular complexity index is 1020. The summed E-state index contributed by atoms with van der Waals surface area (Å²) in [5, 5.41) is 8.03. The van der Waals surface area contributed by atoms with E-state index < -0.39 is 0 Å². The van der Waals surface area contributed by atoms with Crippen LogP contribution in [0.25, 0.3) is 10.9 Å². The van der Waals surface area contributed by atoms with Crippen LogP contribution in [-0.2, 0) is 13.0 Å². The van der Waals surface area contributed by atoms with Gasteiger partial charge in [0.15, 0.2) is 17.5 Å². The Morgan fingerprint density at radius 3 is 2.35 bits per heavy atom. The minimum absolute atomic E-state index is 0.484. The first-order valence-corrected chi connectivity index (χ1v) is 10.5. The Morgan fingerprint density at radius 1 is 1.00 bits per heavy atom. The maximum absolute atomic E-state index is 5.44. The van der Waals surface area contributed by atoms with Crippen LogP contribution in [0.3, 0.4) is 0 Å². The van der Waals surface area contributed by atoms with Crippen LogP contribution >= 0.6 is 0 Å². The molecule has 3 rings (SSSR count). The molecule has 0 aliphatic rings. The molecule has 3 aromatic rings. The second-order valence-corrected chi connectivity index (χ2v) is 7.18. The number of aryl methyl sites for hydroxylation is 1. The van der Waals surface area contributed by atoms with Gasteiger partial charge in [-0.2, -0.15) is 0 Å². The molecule has 0 aliphatic carbocycles. The van der Waals surface area contributed by atoms with Gasteiger partial charge in [0, 0.05) is 29.7 Å². The zero-order chi connectivity index (χ0) is 22.2. The van der Waals surface area contributed by atoms with Crippen molar-refractivity contribution in [2.24, 2.45) is 4.99 Å².